The number of rotatable bonds is 8. The second-order valence-electron chi connectivity index (χ2n) is 18.1. The summed E-state index contributed by atoms with van der Waals surface area (Å²) in [4.78, 5) is 15.9. The molecule has 0 unspecified atom stereocenters. The van der Waals surface area contributed by atoms with Crippen molar-refractivity contribution < 1.29 is 0 Å². The Morgan fingerprint density at radius 2 is 0.700 bits per heavy atom. The summed E-state index contributed by atoms with van der Waals surface area (Å²) in [5, 5.41) is 4.83. The summed E-state index contributed by atoms with van der Waals surface area (Å²) in [6.07, 6.45) is 0. The molecule has 5 heteroatoms. The third-order valence-electron chi connectivity index (χ3n) is 13.8. The van der Waals surface area contributed by atoms with Gasteiger partial charge in [0, 0.05) is 38.2 Å². The summed E-state index contributed by atoms with van der Waals surface area (Å²) in [6.45, 7) is 4.40. The van der Waals surface area contributed by atoms with Crippen LogP contribution in [-0.2, 0) is 0 Å². The normalized spacial score (nSPS) is 11.6. The molecule has 10 aromatic carbocycles. The molecule has 330 valence electrons. The van der Waals surface area contributed by atoms with Crippen molar-refractivity contribution >= 4 is 43.6 Å². The summed E-state index contributed by atoms with van der Waals surface area (Å²) in [6, 6.07) is 84.4. The maximum atomic E-state index is 5.38. The predicted molar refractivity (Wildman–Crippen MR) is 291 cm³/mol. The molecular formula is C65H45N5. The highest BCUT2D eigenvalue weighted by atomic mass is 15.1. The first kappa shape index (κ1) is 41.0. The standard InChI is InChI=1S/C65H45N5/c1-42-39-48(44-19-5-3-6-20-44)41-49(40-42)52-24-10-9-23-51(52)45-33-35-47(36-34-45)64-66-63(46-21-7-4-8-22-46)67-65(68-64)50-37-38-61(69-57-29-15-11-25-53(57)54-26-12-16-30-58(54)69)62(43(50)2)70-59-31-17-13-27-55(59)56-28-14-18-32-60(56)70/h3-41H,1-2H3. The Hall–Kier alpha value is -9.19. The highest BCUT2D eigenvalue weighted by Crippen LogP contribution is 2.42. The van der Waals surface area contributed by atoms with Crippen LogP contribution < -0.4 is 0 Å². The van der Waals surface area contributed by atoms with E-state index in [4.69, 9.17) is 15.0 Å². The van der Waals surface area contributed by atoms with Crippen molar-refractivity contribution in [2.45, 2.75) is 13.8 Å². The van der Waals surface area contributed by atoms with Gasteiger partial charge in [-0.25, -0.2) is 15.0 Å². The van der Waals surface area contributed by atoms with E-state index in [-0.39, 0.29) is 0 Å². The van der Waals surface area contributed by atoms with Gasteiger partial charge in [-0.05, 0) is 101 Å². The third-order valence-corrected chi connectivity index (χ3v) is 13.8. The van der Waals surface area contributed by atoms with Gasteiger partial charge in [0.15, 0.2) is 17.5 Å². The number of para-hydroxylation sites is 4. The van der Waals surface area contributed by atoms with Crippen molar-refractivity contribution in [3.8, 4) is 78.9 Å². The lowest BCUT2D eigenvalue weighted by atomic mass is 9.91. The van der Waals surface area contributed by atoms with Gasteiger partial charge in [-0.3, -0.25) is 0 Å². The topological polar surface area (TPSA) is 48.5 Å². The van der Waals surface area contributed by atoms with E-state index in [1.54, 1.807) is 0 Å². The fraction of sp³-hybridized carbons (Fsp3) is 0.0308. The molecule has 0 aliphatic carbocycles. The zero-order chi connectivity index (χ0) is 46.7. The lowest BCUT2D eigenvalue weighted by molar-refractivity contribution is 1.05. The van der Waals surface area contributed by atoms with Crippen LogP contribution in [0, 0.1) is 13.8 Å². The molecule has 13 rings (SSSR count). The number of aryl methyl sites for hydroxylation is 1. The van der Waals surface area contributed by atoms with E-state index in [9.17, 15) is 0 Å². The molecule has 3 aromatic heterocycles. The van der Waals surface area contributed by atoms with Crippen molar-refractivity contribution in [2.24, 2.45) is 0 Å². The van der Waals surface area contributed by atoms with Gasteiger partial charge < -0.3 is 9.13 Å². The summed E-state index contributed by atoms with van der Waals surface area (Å²) < 4.78 is 4.87. The minimum Gasteiger partial charge on any atom is -0.307 e. The molecule has 0 fully saturated rings. The number of nitrogens with zero attached hydrogens (tertiary/aromatic N) is 5. The number of hydrogen-bond acceptors (Lipinski definition) is 3. The largest absolute Gasteiger partial charge is 0.307 e. The van der Waals surface area contributed by atoms with Crippen LogP contribution in [0.15, 0.2) is 237 Å². The minimum absolute atomic E-state index is 0.610. The highest BCUT2D eigenvalue weighted by Gasteiger charge is 2.24. The van der Waals surface area contributed by atoms with Crippen LogP contribution in [0.5, 0.6) is 0 Å². The fourth-order valence-corrected chi connectivity index (χ4v) is 10.6. The molecule has 5 nitrogen and oxygen atoms in total. The molecule has 3 heterocycles. The van der Waals surface area contributed by atoms with Crippen LogP contribution in [0.3, 0.4) is 0 Å². The smallest absolute Gasteiger partial charge is 0.164 e. The average molecular weight is 896 g/mol. The Bertz CT molecular complexity index is 4020. The molecule has 0 saturated heterocycles. The molecule has 13 aromatic rings. The summed E-state index contributed by atoms with van der Waals surface area (Å²) in [7, 11) is 0. The Balaban J connectivity index is 0.994. The zero-order valence-corrected chi connectivity index (χ0v) is 38.8. The molecule has 0 saturated carbocycles. The molecule has 0 N–H and O–H groups in total. The summed E-state index contributed by atoms with van der Waals surface area (Å²) >= 11 is 0. The molecule has 0 aliphatic heterocycles. The van der Waals surface area contributed by atoms with Crippen molar-refractivity contribution in [2.75, 3.05) is 0 Å². The fourth-order valence-electron chi connectivity index (χ4n) is 10.6. The number of aromatic nitrogens is 5. The second kappa shape index (κ2) is 16.8. The molecule has 0 spiro atoms. The van der Waals surface area contributed by atoms with E-state index in [2.05, 4.69) is 241 Å². The van der Waals surface area contributed by atoms with Crippen molar-refractivity contribution in [1.29, 1.82) is 0 Å². The van der Waals surface area contributed by atoms with Crippen LogP contribution in [0.4, 0.5) is 0 Å². The Morgan fingerprint density at radius 1 is 0.286 bits per heavy atom. The third kappa shape index (κ3) is 6.90. The highest BCUT2D eigenvalue weighted by molar-refractivity contribution is 6.12. The van der Waals surface area contributed by atoms with Gasteiger partial charge in [0.2, 0.25) is 0 Å². The first-order valence-corrected chi connectivity index (χ1v) is 23.9. The van der Waals surface area contributed by atoms with Gasteiger partial charge in [0.1, 0.15) is 0 Å². The van der Waals surface area contributed by atoms with Gasteiger partial charge >= 0.3 is 0 Å². The Kier molecular flexibility index (Phi) is 9.88. The molecule has 0 radical (unpaired) electrons. The summed E-state index contributed by atoms with van der Waals surface area (Å²) in [5.74, 6) is 1.84. The number of benzene rings is 10. The van der Waals surface area contributed by atoms with E-state index in [0.29, 0.717) is 17.5 Å². The van der Waals surface area contributed by atoms with Gasteiger partial charge in [0.25, 0.3) is 0 Å². The van der Waals surface area contributed by atoms with Crippen LogP contribution in [0.25, 0.3) is 123 Å². The Morgan fingerprint density at radius 3 is 1.26 bits per heavy atom. The van der Waals surface area contributed by atoms with Gasteiger partial charge in [0.05, 0.1) is 33.4 Å². The van der Waals surface area contributed by atoms with E-state index >= 15 is 0 Å². The Labute approximate surface area is 406 Å². The molecule has 0 aliphatic rings. The molecule has 0 atom stereocenters. The second-order valence-corrected chi connectivity index (χ2v) is 18.1. The zero-order valence-electron chi connectivity index (χ0n) is 38.8. The van der Waals surface area contributed by atoms with E-state index in [0.717, 1.165) is 66.8 Å². The maximum Gasteiger partial charge on any atom is 0.164 e. The van der Waals surface area contributed by atoms with Gasteiger partial charge in [-0.2, -0.15) is 0 Å². The molecule has 70 heavy (non-hydrogen) atoms. The van der Waals surface area contributed by atoms with Crippen molar-refractivity contribution in [1.82, 2.24) is 24.1 Å². The van der Waals surface area contributed by atoms with Gasteiger partial charge in [-0.1, -0.05) is 194 Å². The van der Waals surface area contributed by atoms with Crippen molar-refractivity contribution in [3.63, 3.8) is 0 Å². The number of fused-ring (bicyclic) bond motifs is 6. The van der Waals surface area contributed by atoms with E-state index in [1.165, 1.54) is 49.4 Å². The van der Waals surface area contributed by atoms with E-state index < -0.39 is 0 Å². The number of hydrogen-bond donors (Lipinski definition) is 0. The van der Waals surface area contributed by atoms with Crippen LogP contribution in [0.1, 0.15) is 11.1 Å². The first-order chi connectivity index (χ1) is 34.6. The van der Waals surface area contributed by atoms with Crippen LogP contribution in [-0.4, -0.2) is 24.1 Å². The average Bonchev–Trinajstić information content (AvgIpc) is 3.94. The van der Waals surface area contributed by atoms with Crippen LogP contribution in [0.2, 0.25) is 0 Å². The molecule has 0 amide bonds. The lowest BCUT2D eigenvalue weighted by Crippen LogP contribution is -2.08. The minimum atomic E-state index is 0.610. The van der Waals surface area contributed by atoms with Gasteiger partial charge in [-0.15, -0.1) is 0 Å². The maximum absolute atomic E-state index is 5.38. The van der Waals surface area contributed by atoms with Crippen LogP contribution >= 0.6 is 0 Å². The lowest BCUT2D eigenvalue weighted by Gasteiger charge is -2.21. The molecule has 0 bridgehead atoms. The van der Waals surface area contributed by atoms with Crippen molar-refractivity contribution in [3.05, 3.63) is 248 Å². The quantitative estimate of drug-likeness (QED) is 0.153. The SMILES string of the molecule is Cc1cc(-c2ccccc2)cc(-c2ccccc2-c2ccc(-c3nc(-c4ccccc4)nc(-c4ccc(-n5c6ccccc6c6ccccc65)c(-n5c6ccccc6c6ccccc65)c4C)n3)cc2)c1. The summed E-state index contributed by atoms with van der Waals surface area (Å²) in [5.41, 5.74) is 18.8. The molecular weight excluding hydrogens is 851 g/mol. The predicted octanol–water partition coefficient (Wildman–Crippen LogP) is 16.7. The van der Waals surface area contributed by atoms with E-state index in [1.807, 2.05) is 18.2 Å². The monoisotopic (exact) mass is 895 g/mol. The first-order valence-electron chi connectivity index (χ1n) is 23.9.